The van der Waals surface area contributed by atoms with E-state index >= 15 is 0 Å². The van der Waals surface area contributed by atoms with E-state index in [1.165, 1.54) is 5.69 Å². The lowest BCUT2D eigenvalue weighted by Crippen LogP contribution is -2.36. The quantitative estimate of drug-likeness (QED) is 0.492. The third kappa shape index (κ3) is 3.90. The highest BCUT2D eigenvalue weighted by Gasteiger charge is 2.10. The summed E-state index contributed by atoms with van der Waals surface area (Å²) in [6.45, 7) is 5.38. The Kier molecular flexibility index (Phi) is 4.70. The Bertz CT molecular complexity index is 466. The van der Waals surface area contributed by atoms with Crippen LogP contribution in [-0.4, -0.2) is 37.1 Å². The molecule has 19 heavy (non-hydrogen) atoms. The highest BCUT2D eigenvalue weighted by Crippen LogP contribution is 2.16. The molecule has 0 bridgehead atoms. The Morgan fingerprint density at radius 2 is 1.95 bits per heavy atom. The molecule has 3 N–H and O–H groups in total. The van der Waals surface area contributed by atoms with Crippen LogP contribution in [0.1, 0.15) is 12.5 Å². The first-order valence-electron chi connectivity index (χ1n) is 6.19. The number of anilines is 1. The van der Waals surface area contributed by atoms with Gasteiger partial charge in [-0.25, -0.2) is 0 Å². The van der Waals surface area contributed by atoms with Crippen LogP contribution in [0, 0.1) is 0 Å². The largest absolute Gasteiger partial charge is 0.378 e. The average Bonchev–Trinajstić information content (AvgIpc) is 2.46. The number of morpholine rings is 1. The standard InChI is InChI=1S/C13H18N4OS/c1-10(15-16-13(14)19)11-2-4-12(5-3-11)17-6-8-18-9-7-17/h2-5H,6-9H2,1H3,(H3,14,16,19)/b15-10-. The van der Waals surface area contributed by atoms with E-state index in [9.17, 15) is 0 Å². The Morgan fingerprint density at radius 3 is 2.53 bits per heavy atom. The van der Waals surface area contributed by atoms with Crippen molar-refractivity contribution >= 4 is 28.7 Å². The highest BCUT2D eigenvalue weighted by atomic mass is 32.1. The van der Waals surface area contributed by atoms with Gasteiger partial charge >= 0.3 is 0 Å². The van der Waals surface area contributed by atoms with Gasteiger partial charge in [0.1, 0.15) is 0 Å². The van der Waals surface area contributed by atoms with E-state index < -0.39 is 0 Å². The SMILES string of the molecule is C/C(=N/NC(N)=S)c1ccc(N2CCOCC2)cc1. The lowest BCUT2D eigenvalue weighted by atomic mass is 10.1. The van der Waals surface area contributed by atoms with Crippen molar-refractivity contribution in [2.75, 3.05) is 31.2 Å². The molecular weight excluding hydrogens is 260 g/mol. The number of rotatable bonds is 3. The van der Waals surface area contributed by atoms with Gasteiger partial charge < -0.3 is 15.4 Å². The first-order chi connectivity index (χ1) is 9.16. The topological polar surface area (TPSA) is 62.9 Å². The molecule has 1 aliphatic rings. The minimum Gasteiger partial charge on any atom is -0.378 e. The van der Waals surface area contributed by atoms with Gasteiger partial charge in [0.05, 0.1) is 18.9 Å². The van der Waals surface area contributed by atoms with Gasteiger partial charge in [-0.15, -0.1) is 0 Å². The smallest absolute Gasteiger partial charge is 0.184 e. The number of nitrogens with one attached hydrogen (secondary N) is 1. The van der Waals surface area contributed by atoms with Crippen LogP contribution in [0.5, 0.6) is 0 Å². The first-order valence-corrected chi connectivity index (χ1v) is 6.60. The summed E-state index contributed by atoms with van der Waals surface area (Å²) in [7, 11) is 0. The lowest BCUT2D eigenvalue weighted by molar-refractivity contribution is 0.122. The molecule has 0 unspecified atom stereocenters. The van der Waals surface area contributed by atoms with E-state index in [0.29, 0.717) is 0 Å². The van der Waals surface area contributed by atoms with E-state index in [2.05, 4.69) is 27.6 Å². The predicted octanol–water partition coefficient (Wildman–Crippen LogP) is 1.08. The van der Waals surface area contributed by atoms with Crippen molar-refractivity contribution in [2.45, 2.75) is 6.92 Å². The fourth-order valence-corrected chi connectivity index (χ4v) is 1.98. The van der Waals surface area contributed by atoms with Gasteiger partial charge in [-0.2, -0.15) is 5.10 Å². The summed E-state index contributed by atoms with van der Waals surface area (Å²) in [5.41, 5.74) is 11.0. The Balaban J connectivity index is 2.05. The molecule has 1 fully saturated rings. The van der Waals surface area contributed by atoms with Gasteiger partial charge in [0.15, 0.2) is 5.11 Å². The Morgan fingerprint density at radius 1 is 1.32 bits per heavy atom. The van der Waals surface area contributed by atoms with Crippen molar-refractivity contribution in [3.8, 4) is 0 Å². The number of hydrogen-bond donors (Lipinski definition) is 2. The highest BCUT2D eigenvalue weighted by molar-refractivity contribution is 7.80. The number of hydrogen-bond acceptors (Lipinski definition) is 4. The molecule has 1 aromatic carbocycles. The zero-order valence-electron chi connectivity index (χ0n) is 10.9. The zero-order chi connectivity index (χ0) is 13.7. The number of nitrogens with zero attached hydrogens (tertiary/aromatic N) is 2. The summed E-state index contributed by atoms with van der Waals surface area (Å²) < 4.78 is 5.34. The van der Waals surface area contributed by atoms with Gasteiger partial charge in [0, 0.05) is 18.8 Å². The molecule has 1 saturated heterocycles. The van der Waals surface area contributed by atoms with E-state index in [1.54, 1.807) is 0 Å². The van der Waals surface area contributed by atoms with Crippen LogP contribution in [-0.2, 0) is 4.74 Å². The van der Waals surface area contributed by atoms with Crippen molar-refractivity contribution < 1.29 is 4.74 Å². The molecule has 102 valence electrons. The average molecular weight is 278 g/mol. The van der Waals surface area contributed by atoms with Gasteiger partial charge in [-0.3, -0.25) is 5.43 Å². The van der Waals surface area contributed by atoms with Crippen LogP contribution in [0.3, 0.4) is 0 Å². The minimum atomic E-state index is 0.171. The van der Waals surface area contributed by atoms with Gasteiger partial charge in [0.2, 0.25) is 0 Å². The molecule has 1 aliphatic heterocycles. The number of nitrogens with two attached hydrogens (primary N) is 1. The lowest BCUT2D eigenvalue weighted by Gasteiger charge is -2.28. The molecule has 0 saturated carbocycles. The molecule has 0 atom stereocenters. The molecule has 0 radical (unpaired) electrons. The van der Waals surface area contributed by atoms with E-state index in [-0.39, 0.29) is 5.11 Å². The second-order valence-corrected chi connectivity index (χ2v) is 4.76. The maximum absolute atomic E-state index is 5.34. The molecule has 0 aliphatic carbocycles. The van der Waals surface area contributed by atoms with Crippen molar-refractivity contribution in [2.24, 2.45) is 10.8 Å². The first kappa shape index (κ1) is 13.8. The third-order valence-corrected chi connectivity index (χ3v) is 3.09. The molecule has 1 aromatic rings. The minimum absolute atomic E-state index is 0.171. The summed E-state index contributed by atoms with van der Waals surface area (Å²) in [6.07, 6.45) is 0. The van der Waals surface area contributed by atoms with Crippen LogP contribution in [0.15, 0.2) is 29.4 Å². The summed E-state index contributed by atoms with van der Waals surface area (Å²) >= 11 is 4.71. The maximum Gasteiger partial charge on any atom is 0.184 e. The van der Waals surface area contributed by atoms with Crippen LogP contribution >= 0.6 is 12.2 Å². The zero-order valence-corrected chi connectivity index (χ0v) is 11.7. The predicted molar refractivity (Wildman–Crippen MR) is 81.6 cm³/mol. The normalized spacial score (nSPS) is 16.3. The number of benzene rings is 1. The van der Waals surface area contributed by atoms with Crippen LogP contribution in [0.4, 0.5) is 5.69 Å². The molecule has 1 heterocycles. The van der Waals surface area contributed by atoms with Gasteiger partial charge in [-0.05, 0) is 36.8 Å². The molecule has 2 rings (SSSR count). The third-order valence-electron chi connectivity index (χ3n) is 3.00. The molecule has 5 nitrogen and oxygen atoms in total. The van der Waals surface area contributed by atoms with Crippen LogP contribution in [0.2, 0.25) is 0 Å². The van der Waals surface area contributed by atoms with Crippen molar-refractivity contribution in [3.63, 3.8) is 0 Å². The van der Waals surface area contributed by atoms with E-state index in [1.807, 2.05) is 19.1 Å². The number of ether oxygens (including phenoxy) is 1. The molecule has 0 amide bonds. The second-order valence-electron chi connectivity index (χ2n) is 4.32. The molecule has 0 spiro atoms. The van der Waals surface area contributed by atoms with Gasteiger partial charge in [-0.1, -0.05) is 12.1 Å². The van der Waals surface area contributed by atoms with E-state index in [0.717, 1.165) is 37.6 Å². The molecule has 6 heteroatoms. The van der Waals surface area contributed by atoms with Crippen molar-refractivity contribution in [1.29, 1.82) is 0 Å². The summed E-state index contributed by atoms with van der Waals surface area (Å²) in [4.78, 5) is 2.31. The number of thiocarbonyl (C=S) groups is 1. The number of hydrazone groups is 1. The van der Waals surface area contributed by atoms with Crippen molar-refractivity contribution in [3.05, 3.63) is 29.8 Å². The van der Waals surface area contributed by atoms with E-state index in [4.69, 9.17) is 22.7 Å². The Hall–Kier alpha value is -1.66. The van der Waals surface area contributed by atoms with Crippen molar-refractivity contribution in [1.82, 2.24) is 5.43 Å². The monoisotopic (exact) mass is 278 g/mol. The summed E-state index contributed by atoms with van der Waals surface area (Å²) in [5.74, 6) is 0. The second kappa shape index (κ2) is 6.49. The fraction of sp³-hybridized carbons (Fsp3) is 0.385. The van der Waals surface area contributed by atoms with Gasteiger partial charge in [0.25, 0.3) is 0 Å². The maximum atomic E-state index is 5.34. The molecule has 0 aromatic heterocycles. The summed E-state index contributed by atoms with van der Waals surface area (Å²) in [6, 6.07) is 8.29. The molecular formula is C13H18N4OS. The summed E-state index contributed by atoms with van der Waals surface area (Å²) in [5, 5.41) is 4.27. The van der Waals surface area contributed by atoms with Crippen LogP contribution < -0.4 is 16.1 Å². The van der Waals surface area contributed by atoms with Crippen LogP contribution in [0.25, 0.3) is 0 Å². The fourth-order valence-electron chi connectivity index (χ4n) is 1.94. The Labute approximate surface area is 118 Å².